The number of nitrogens with one attached hydrogen (secondary N) is 2. The molecule has 5 N–H and O–H groups in total. The first kappa shape index (κ1) is 13.2. The number of hydrogen-bond acceptors (Lipinski definition) is 5. The van der Waals surface area contributed by atoms with Gasteiger partial charge in [-0.25, -0.2) is 13.6 Å². The van der Waals surface area contributed by atoms with Gasteiger partial charge in [-0.2, -0.15) is 0 Å². The first-order chi connectivity index (χ1) is 7.78. The van der Waals surface area contributed by atoms with E-state index in [1.54, 1.807) is 0 Å². The van der Waals surface area contributed by atoms with E-state index in [0.717, 1.165) is 4.57 Å². The molecule has 9 heteroatoms. The van der Waals surface area contributed by atoms with E-state index in [9.17, 15) is 18.4 Å². The van der Waals surface area contributed by atoms with Crippen LogP contribution in [0.2, 0.25) is 0 Å². The second-order valence-electron chi connectivity index (χ2n) is 3.45. The predicted molar refractivity (Wildman–Crippen MR) is 57.2 cm³/mol. The number of nitrogens with two attached hydrogens (primary N) is 1. The molecule has 0 saturated carbocycles. The zero-order valence-corrected chi connectivity index (χ0v) is 8.96. The number of rotatable bonds is 4. The quantitative estimate of drug-likeness (QED) is 0.530. The average molecular weight is 250 g/mol. The Bertz CT molecular complexity index is 522. The maximum Gasteiger partial charge on any atom is 0.329 e. The number of alkyl halides is 2. The monoisotopic (exact) mass is 250 g/mol. The zero-order chi connectivity index (χ0) is 13.2. The van der Waals surface area contributed by atoms with Gasteiger partial charge in [-0.1, -0.05) is 0 Å². The molecule has 0 aliphatic rings. The molecule has 0 aromatic carbocycles. The molecule has 0 fully saturated rings. The standard InChI is InChI=1S/C8H12F2N4O3/c1-14-5(11)4(6(16)13-7(14)17)12-2-8(9,10)3-15/h12,15H,2-3,11H2,1H3,(H,13,16,17). The largest absolute Gasteiger partial charge is 0.390 e. The fourth-order valence-corrected chi connectivity index (χ4v) is 1.08. The lowest BCUT2D eigenvalue weighted by atomic mass is 10.3. The molecule has 96 valence electrons. The summed E-state index contributed by atoms with van der Waals surface area (Å²) in [5.74, 6) is -3.64. The van der Waals surface area contributed by atoms with Crippen molar-refractivity contribution in [2.45, 2.75) is 5.92 Å². The number of aliphatic hydroxyl groups is 1. The van der Waals surface area contributed by atoms with E-state index in [1.807, 2.05) is 4.98 Å². The van der Waals surface area contributed by atoms with Crippen molar-refractivity contribution in [3.63, 3.8) is 0 Å². The Labute approximate surface area is 93.9 Å². The minimum Gasteiger partial charge on any atom is -0.390 e. The van der Waals surface area contributed by atoms with Crippen molar-refractivity contribution >= 4 is 11.5 Å². The third-order valence-electron chi connectivity index (χ3n) is 2.12. The first-order valence-corrected chi connectivity index (χ1v) is 4.60. The van der Waals surface area contributed by atoms with Crippen LogP contribution in [0.15, 0.2) is 9.59 Å². The van der Waals surface area contributed by atoms with Gasteiger partial charge in [-0.15, -0.1) is 0 Å². The minimum atomic E-state index is -3.38. The van der Waals surface area contributed by atoms with Gasteiger partial charge in [-0.05, 0) is 0 Å². The van der Waals surface area contributed by atoms with Crippen molar-refractivity contribution < 1.29 is 13.9 Å². The van der Waals surface area contributed by atoms with Gasteiger partial charge in [-0.3, -0.25) is 14.3 Å². The molecular formula is C8H12F2N4O3. The molecule has 1 rings (SSSR count). The van der Waals surface area contributed by atoms with Crippen LogP contribution in [-0.2, 0) is 7.05 Å². The summed E-state index contributed by atoms with van der Waals surface area (Å²) in [5.41, 5.74) is 3.46. The number of hydrogen-bond donors (Lipinski definition) is 4. The van der Waals surface area contributed by atoms with E-state index in [2.05, 4.69) is 5.32 Å². The summed E-state index contributed by atoms with van der Waals surface area (Å²) in [7, 11) is 1.28. The Kier molecular flexibility index (Phi) is 3.51. The summed E-state index contributed by atoms with van der Waals surface area (Å²) in [6.45, 7) is -2.32. The number of aromatic amines is 1. The molecule has 0 radical (unpaired) electrons. The van der Waals surface area contributed by atoms with Crippen molar-refractivity contribution in [2.75, 3.05) is 24.2 Å². The van der Waals surface area contributed by atoms with Gasteiger partial charge in [0, 0.05) is 7.05 Å². The van der Waals surface area contributed by atoms with E-state index in [-0.39, 0.29) is 11.5 Å². The minimum absolute atomic E-state index is 0.257. The van der Waals surface area contributed by atoms with Crippen LogP contribution in [0.4, 0.5) is 20.3 Å². The third kappa shape index (κ3) is 2.81. The fourth-order valence-electron chi connectivity index (χ4n) is 1.08. The van der Waals surface area contributed by atoms with Gasteiger partial charge in [0.2, 0.25) is 0 Å². The highest BCUT2D eigenvalue weighted by molar-refractivity contribution is 5.60. The molecule has 0 spiro atoms. The topological polar surface area (TPSA) is 113 Å². The lowest BCUT2D eigenvalue weighted by Crippen LogP contribution is -2.36. The molecule has 1 aromatic heterocycles. The molecule has 0 saturated heterocycles. The average Bonchev–Trinajstić information content (AvgIpc) is 2.26. The third-order valence-corrected chi connectivity index (χ3v) is 2.12. The first-order valence-electron chi connectivity index (χ1n) is 4.60. The molecule has 0 amide bonds. The van der Waals surface area contributed by atoms with E-state index in [0.29, 0.717) is 0 Å². The summed E-state index contributed by atoms with van der Waals surface area (Å²) >= 11 is 0. The summed E-state index contributed by atoms with van der Waals surface area (Å²) in [4.78, 5) is 24.3. The lowest BCUT2D eigenvalue weighted by Gasteiger charge is -2.16. The van der Waals surface area contributed by atoms with E-state index in [4.69, 9.17) is 10.8 Å². The van der Waals surface area contributed by atoms with Crippen LogP contribution >= 0.6 is 0 Å². The van der Waals surface area contributed by atoms with Crippen molar-refractivity contribution in [1.29, 1.82) is 0 Å². The molecule has 7 nitrogen and oxygen atoms in total. The molecule has 0 unspecified atom stereocenters. The molecule has 0 bridgehead atoms. The number of H-pyrrole nitrogens is 1. The van der Waals surface area contributed by atoms with Crippen molar-refractivity contribution in [3.8, 4) is 0 Å². The van der Waals surface area contributed by atoms with Crippen molar-refractivity contribution in [1.82, 2.24) is 9.55 Å². The van der Waals surface area contributed by atoms with Crippen LogP contribution in [0.1, 0.15) is 0 Å². The molecule has 1 heterocycles. The Morgan fingerprint density at radius 2 is 2.12 bits per heavy atom. The van der Waals surface area contributed by atoms with Gasteiger partial charge >= 0.3 is 5.69 Å². The second-order valence-corrected chi connectivity index (χ2v) is 3.45. The van der Waals surface area contributed by atoms with Crippen LogP contribution in [-0.4, -0.2) is 33.7 Å². The van der Waals surface area contributed by atoms with E-state index < -0.39 is 30.3 Å². The summed E-state index contributed by atoms with van der Waals surface area (Å²) in [6.07, 6.45) is 0. The van der Waals surface area contributed by atoms with Gasteiger partial charge in [0.25, 0.3) is 11.5 Å². The van der Waals surface area contributed by atoms with Crippen molar-refractivity contribution in [3.05, 3.63) is 20.8 Å². The van der Waals surface area contributed by atoms with Gasteiger partial charge < -0.3 is 16.2 Å². The highest BCUT2D eigenvalue weighted by Gasteiger charge is 2.28. The van der Waals surface area contributed by atoms with Crippen LogP contribution < -0.4 is 22.3 Å². The van der Waals surface area contributed by atoms with E-state index >= 15 is 0 Å². The normalized spacial score (nSPS) is 11.5. The molecule has 0 aliphatic heterocycles. The maximum absolute atomic E-state index is 12.7. The smallest absolute Gasteiger partial charge is 0.329 e. The van der Waals surface area contributed by atoms with Crippen molar-refractivity contribution in [2.24, 2.45) is 7.05 Å². The Morgan fingerprint density at radius 1 is 1.53 bits per heavy atom. The molecule has 17 heavy (non-hydrogen) atoms. The molecule has 1 aromatic rings. The molecular weight excluding hydrogens is 238 g/mol. The predicted octanol–water partition coefficient (Wildman–Crippen LogP) is -1.30. The maximum atomic E-state index is 12.7. The summed E-state index contributed by atoms with van der Waals surface area (Å²) in [5, 5.41) is 10.4. The number of aliphatic hydroxyl groups excluding tert-OH is 1. The SMILES string of the molecule is Cn1c(N)c(NCC(F)(F)CO)c(=O)[nH]c1=O. The highest BCUT2D eigenvalue weighted by Crippen LogP contribution is 2.15. The van der Waals surface area contributed by atoms with Crippen LogP contribution in [0.25, 0.3) is 0 Å². The molecule has 0 atom stereocenters. The van der Waals surface area contributed by atoms with Crippen LogP contribution in [0, 0.1) is 0 Å². The second kappa shape index (κ2) is 4.53. The number of halogens is 2. The number of nitrogen functional groups attached to an aromatic ring is 1. The summed E-state index contributed by atoms with van der Waals surface area (Å²) < 4.78 is 26.4. The molecule has 0 aliphatic carbocycles. The van der Waals surface area contributed by atoms with Crippen LogP contribution in [0.5, 0.6) is 0 Å². The van der Waals surface area contributed by atoms with Crippen LogP contribution in [0.3, 0.4) is 0 Å². The number of anilines is 2. The summed E-state index contributed by atoms with van der Waals surface area (Å²) in [6, 6.07) is 0. The number of aromatic nitrogens is 2. The number of nitrogens with zero attached hydrogens (tertiary/aromatic N) is 1. The lowest BCUT2D eigenvalue weighted by molar-refractivity contribution is -0.0372. The fraction of sp³-hybridized carbons (Fsp3) is 0.500. The van der Waals surface area contributed by atoms with Gasteiger partial charge in [0.05, 0.1) is 6.54 Å². The zero-order valence-electron chi connectivity index (χ0n) is 8.96. The highest BCUT2D eigenvalue weighted by atomic mass is 19.3. The van der Waals surface area contributed by atoms with E-state index in [1.165, 1.54) is 7.05 Å². The van der Waals surface area contributed by atoms with Gasteiger partial charge in [0.15, 0.2) is 0 Å². The van der Waals surface area contributed by atoms with Gasteiger partial charge in [0.1, 0.15) is 18.1 Å². The Morgan fingerprint density at radius 3 is 2.65 bits per heavy atom. The Hall–Kier alpha value is -1.90. The Balaban J connectivity index is 3.05.